The number of nitrogens with zero attached hydrogens (tertiary/aromatic N) is 1. The highest BCUT2D eigenvalue weighted by Gasteiger charge is 2.13. The predicted molar refractivity (Wildman–Crippen MR) is 113 cm³/mol. The first-order valence-electron chi connectivity index (χ1n) is 9.42. The summed E-state index contributed by atoms with van der Waals surface area (Å²) < 4.78 is 11.2. The van der Waals surface area contributed by atoms with E-state index in [0.717, 1.165) is 51.6 Å². The number of rotatable bonds is 11. The van der Waals surface area contributed by atoms with Gasteiger partial charge in [0.25, 0.3) is 0 Å². The number of unbranched alkanes of at least 4 members (excludes halogenated alkanes) is 3. The predicted octanol–water partition coefficient (Wildman–Crippen LogP) is 3.71. The Hall–Kier alpha value is -0.0800. The molecule has 144 valence electrons. The van der Waals surface area contributed by atoms with Crippen molar-refractivity contribution in [2.75, 3.05) is 33.4 Å². The van der Waals surface area contributed by atoms with Gasteiger partial charge in [0.2, 0.25) is 0 Å². The summed E-state index contributed by atoms with van der Waals surface area (Å²) in [5.41, 5.74) is 0. The van der Waals surface area contributed by atoms with Crippen LogP contribution in [0.4, 0.5) is 0 Å². The third-order valence-corrected chi connectivity index (χ3v) is 4.23. The molecule has 0 saturated carbocycles. The van der Waals surface area contributed by atoms with Crippen LogP contribution in [0.2, 0.25) is 0 Å². The Morgan fingerprint density at radius 1 is 1.21 bits per heavy atom. The molecule has 0 radical (unpaired) electrons. The van der Waals surface area contributed by atoms with E-state index in [9.17, 15) is 0 Å². The third kappa shape index (κ3) is 12.3. The van der Waals surface area contributed by atoms with Gasteiger partial charge in [-0.05, 0) is 32.6 Å². The van der Waals surface area contributed by atoms with E-state index in [1.54, 1.807) is 0 Å². The molecule has 0 aromatic rings. The summed E-state index contributed by atoms with van der Waals surface area (Å²) in [6.07, 6.45) is 9.92. The molecular weight excluding hydrogens is 417 g/mol. The topological polar surface area (TPSA) is 54.9 Å². The maximum atomic E-state index is 5.88. The molecule has 5 nitrogen and oxygen atoms in total. The van der Waals surface area contributed by atoms with E-state index < -0.39 is 0 Å². The molecule has 0 spiro atoms. The number of hydrogen-bond acceptors (Lipinski definition) is 3. The molecule has 1 rings (SSSR count). The summed E-state index contributed by atoms with van der Waals surface area (Å²) >= 11 is 0. The summed E-state index contributed by atoms with van der Waals surface area (Å²) in [5.74, 6) is 0.902. The molecule has 24 heavy (non-hydrogen) atoms. The molecule has 1 aliphatic heterocycles. The minimum absolute atomic E-state index is 0. The molecule has 1 aliphatic rings. The number of ether oxygens (including phenoxy) is 2. The number of hydrogen-bond donors (Lipinski definition) is 2. The van der Waals surface area contributed by atoms with E-state index in [1.807, 2.05) is 7.05 Å². The fourth-order valence-corrected chi connectivity index (χ4v) is 2.75. The van der Waals surface area contributed by atoms with Crippen LogP contribution in [0.25, 0.3) is 0 Å². The molecule has 0 aromatic carbocycles. The van der Waals surface area contributed by atoms with Crippen molar-refractivity contribution in [1.29, 1.82) is 0 Å². The first kappa shape index (κ1) is 23.9. The van der Waals surface area contributed by atoms with Crippen LogP contribution in [0.1, 0.15) is 65.2 Å². The van der Waals surface area contributed by atoms with E-state index >= 15 is 0 Å². The van der Waals surface area contributed by atoms with Gasteiger partial charge in [-0.3, -0.25) is 4.99 Å². The lowest BCUT2D eigenvalue weighted by atomic mass is 10.1. The minimum Gasteiger partial charge on any atom is -0.381 e. The third-order valence-electron chi connectivity index (χ3n) is 4.23. The smallest absolute Gasteiger partial charge is 0.191 e. The summed E-state index contributed by atoms with van der Waals surface area (Å²) in [6.45, 7) is 7.87. The largest absolute Gasteiger partial charge is 0.381 e. The van der Waals surface area contributed by atoms with Crippen LogP contribution in [-0.4, -0.2) is 51.5 Å². The van der Waals surface area contributed by atoms with Gasteiger partial charge in [-0.1, -0.05) is 32.6 Å². The van der Waals surface area contributed by atoms with Gasteiger partial charge in [0.15, 0.2) is 5.96 Å². The van der Waals surface area contributed by atoms with Gasteiger partial charge in [0.1, 0.15) is 0 Å². The van der Waals surface area contributed by atoms with Crippen LogP contribution in [0.3, 0.4) is 0 Å². The van der Waals surface area contributed by atoms with Crippen LogP contribution >= 0.6 is 24.0 Å². The summed E-state index contributed by atoms with van der Waals surface area (Å²) in [5, 5.41) is 6.84. The Balaban J connectivity index is 0.00000529. The highest BCUT2D eigenvalue weighted by Crippen LogP contribution is 2.10. The second kappa shape index (κ2) is 16.4. The molecule has 0 aliphatic carbocycles. The lowest BCUT2D eigenvalue weighted by Crippen LogP contribution is -2.42. The molecule has 1 fully saturated rings. The van der Waals surface area contributed by atoms with Gasteiger partial charge in [0.05, 0.1) is 6.10 Å². The number of guanidine groups is 1. The number of halogens is 1. The Bertz CT molecular complexity index is 311. The van der Waals surface area contributed by atoms with E-state index in [0.29, 0.717) is 12.1 Å². The lowest BCUT2D eigenvalue weighted by Gasteiger charge is -2.22. The second-order valence-corrected chi connectivity index (χ2v) is 6.43. The Morgan fingerprint density at radius 3 is 2.62 bits per heavy atom. The lowest BCUT2D eigenvalue weighted by molar-refractivity contribution is -0.0320. The normalized spacial score (nSPS) is 17.2. The van der Waals surface area contributed by atoms with E-state index in [2.05, 4.69) is 29.5 Å². The molecular formula is C18H38IN3O2. The molecule has 0 amide bonds. The van der Waals surface area contributed by atoms with E-state index in [1.165, 1.54) is 32.1 Å². The highest BCUT2D eigenvalue weighted by atomic mass is 127. The van der Waals surface area contributed by atoms with Gasteiger partial charge in [0, 0.05) is 39.5 Å². The van der Waals surface area contributed by atoms with Crippen LogP contribution < -0.4 is 10.6 Å². The van der Waals surface area contributed by atoms with Crippen molar-refractivity contribution in [3.05, 3.63) is 0 Å². The zero-order valence-electron chi connectivity index (χ0n) is 15.8. The highest BCUT2D eigenvalue weighted by molar-refractivity contribution is 14.0. The first-order valence-corrected chi connectivity index (χ1v) is 9.42. The van der Waals surface area contributed by atoms with Crippen LogP contribution in [0.15, 0.2) is 4.99 Å². The van der Waals surface area contributed by atoms with E-state index in [-0.39, 0.29) is 24.0 Å². The summed E-state index contributed by atoms with van der Waals surface area (Å²) in [7, 11) is 1.83. The van der Waals surface area contributed by atoms with Crippen molar-refractivity contribution in [3.63, 3.8) is 0 Å². The maximum absolute atomic E-state index is 5.88. The van der Waals surface area contributed by atoms with Gasteiger partial charge >= 0.3 is 0 Å². The zero-order valence-corrected chi connectivity index (χ0v) is 18.1. The van der Waals surface area contributed by atoms with Crippen molar-refractivity contribution in [1.82, 2.24) is 10.6 Å². The fourth-order valence-electron chi connectivity index (χ4n) is 2.75. The number of aliphatic imine (C=N–C) groups is 1. The van der Waals surface area contributed by atoms with Gasteiger partial charge < -0.3 is 20.1 Å². The van der Waals surface area contributed by atoms with Crippen molar-refractivity contribution >= 4 is 29.9 Å². The minimum atomic E-state index is 0. The maximum Gasteiger partial charge on any atom is 0.191 e. The molecule has 1 unspecified atom stereocenters. The van der Waals surface area contributed by atoms with E-state index in [4.69, 9.17) is 9.47 Å². The van der Waals surface area contributed by atoms with Crippen molar-refractivity contribution in [3.8, 4) is 0 Å². The zero-order chi connectivity index (χ0) is 16.8. The summed E-state index contributed by atoms with van der Waals surface area (Å²) in [6, 6.07) is 0.469. The Labute approximate surface area is 165 Å². The summed E-state index contributed by atoms with van der Waals surface area (Å²) in [4.78, 5) is 4.30. The van der Waals surface area contributed by atoms with Crippen molar-refractivity contribution in [2.24, 2.45) is 4.99 Å². The van der Waals surface area contributed by atoms with Crippen molar-refractivity contribution < 1.29 is 9.47 Å². The van der Waals surface area contributed by atoms with Gasteiger partial charge in [-0.2, -0.15) is 0 Å². The average molecular weight is 455 g/mol. The molecule has 6 heteroatoms. The number of nitrogens with one attached hydrogen (secondary N) is 2. The Morgan fingerprint density at radius 2 is 1.96 bits per heavy atom. The molecule has 1 saturated heterocycles. The Kier molecular flexibility index (Phi) is 16.3. The monoisotopic (exact) mass is 455 g/mol. The molecule has 0 aromatic heterocycles. The quantitative estimate of drug-likeness (QED) is 0.216. The molecule has 1 heterocycles. The molecule has 0 bridgehead atoms. The SMILES string of the molecule is CCCCCCC(C)NC(=NC)NCCCOC1CCOCC1.I. The van der Waals surface area contributed by atoms with Crippen LogP contribution in [0.5, 0.6) is 0 Å². The van der Waals surface area contributed by atoms with Gasteiger partial charge in [-0.15, -0.1) is 24.0 Å². The van der Waals surface area contributed by atoms with Crippen molar-refractivity contribution in [2.45, 2.75) is 77.4 Å². The van der Waals surface area contributed by atoms with Crippen LogP contribution in [-0.2, 0) is 9.47 Å². The van der Waals surface area contributed by atoms with Crippen LogP contribution in [0, 0.1) is 0 Å². The molecule has 2 N–H and O–H groups in total. The molecule has 1 atom stereocenters. The standard InChI is InChI=1S/C18H37N3O2.HI/c1-4-5-6-7-9-16(2)21-18(19-3)20-12-8-13-23-17-10-14-22-15-11-17;/h16-17H,4-15H2,1-3H3,(H2,19,20,21);1H. The van der Waals surface area contributed by atoms with Gasteiger partial charge in [-0.25, -0.2) is 0 Å². The fraction of sp³-hybridized carbons (Fsp3) is 0.944. The second-order valence-electron chi connectivity index (χ2n) is 6.43. The first-order chi connectivity index (χ1) is 11.3. The average Bonchev–Trinajstić information content (AvgIpc) is 2.58.